The normalized spacial score (nSPS) is 15.3. The van der Waals surface area contributed by atoms with Crippen molar-refractivity contribution >= 4 is 6.03 Å². The maximum absolute atomic E-state index is 12.3. The number of nitrogens with zero attached hydrogens (tertiary/aromatic N) is 3. The van der Waals surface area contributed by atoms with Crippen molar-refractivity contribution in [3.05, 3.63) is 53.7 Å². The number of amides is 2. The molecular weight excluding hydrogens is 352 g/mol. The molecule has 0 aliphatic carbocycles. The van der Waals surface area contributed by atoms with Crippen LogP contribution >= 0.6 is 0 Å². The lowest BCUT2D eigenvalue weighted by molar-refractivity contribution is 0.142. The number of carbonyl (C=O) groups is 1. The number of aromatic nitrogens is 2. The molecular formula is C22H30N4O2. The number of urea groups is 1. The fraction of sp³-hybridized carbons (Fsp3) is 0.500. The number of nitrogens with one attached hydrogen (secondary N) is 1. The van der Waals surface area contributed by atoms with Crippen molar-refractivity contribution in [2.24, 2.45) is 5.92 Å². The van der Waals surface area contributed by atoms with Crippen LogP contribution in [0, 0.1) is 5.92 Å². The second-order valence-electron chi connectivity index (χ2n) is 8.39. The van der Waals surface area contributed by atoms with E-state index in [0.717, 1.165) is 37.2 Å². The number of rotatable bonds is 5. The number of likely N-dealkylation sites (tertiary alicyclic amines) is 1. The monoisotopic (exact) mass is 382 g/mol. The first kappa shape index (κ1) is 20.1. The van der Waals surface area contributed by atoms with Gasteiger partial charge in [0.15, 0.2) is 0 Å². The number of benzene rings is 1. The van der Waals surface area contributed by atoms with Gasteiger partial charge in [-0.05, 0) is 30.4 Å². The van der Waals surface area contributed by atoms with Gasteiger partial charge in [-0.3, -0.25) is 0 Å². The third-order valence-electron chi connectivity index (χ3n) is 5.06. The Morgan fingerprint density at radius 2 is 1.82 bits per heavy atom. The molecule has 1 aromatic heterocycles. The molecule has 2 aromatic rings. The van der Waals surface area contributed by atoms with Crippen molar-refractivity contribution in [1.29, 1.82) is 0 Å². The van der Waals surface area contributed by atoms with Crippen molar-refractivity contribution in [1.82, 2.24) is 20.4 Å². The zero-order chi connectivity index (χ0) is 20.0. The average molecular weight is 383 g/mol. The summed E-state index contributed by atoms with van der Waals surface area (Å²) in [4.78, 5) is 14.2. The predicted molar refractivity (Wildman–Crippen MR) is 109 cm³/mol. The van der Waals surface area contributed by atoms with Crippen LogP contribution in [0.4, 0.5) is 4.79 Å². The molecule has 0 radical (unpaired) electrons. The molecule has 0 unspecified atom stereocenters. The topological polar surface area (TPSA) is 67.3 Å². The minimum Gasteiger partial charge on any atom is -0.476 e. The summed E-state index contributed by atoms with van der Waals surface area (Å²) < 4.78 is 5.82. The van der Waals surface area contributed by atoms with E-state index < -0.39 is 0 Å². The number of hydrogen-bond acceptors (Lipinski definition) is 4. The van der Waals surface area contributed by atoms with E-state index in [2.05, 4.69) is 36.3 Å². The van der Waals surface area contributed by atoms with Crippen LogP contribution in [-0.2, 0) is 12.0 Å². The Labute approximate surface area is 167 Å². The Bertz CT molecular complexity index is 748. The zero-order valence-corrected chi connectivity index (χ0v) is 17.0. The van der Waals surface area contributed by atoms with Crippen molar-refractivity contribution < 1.29 is 9.53 Å². The van der Waals surface area contributed by atoms with E-state index in [1.54, 1.807) is 0 Å². The number of carbonyl (C=O) groups excluding carboxylic acids is 1. The SMILES string of the molecule is CC(C)(C)c1ccc(OCC2CCN(C(=O)NCc3ccccc3)CC2)nn1. The third-order valence-corrected chi connectivity index (χ3v) is 5.06. The first-order chi connectivity index (χ1) is 13.4. The number of piperidine rings is 1. The Morgan fingerprint density at radius 3 is 2.43 bits per heavy atom. The summed E-state index contributed by atoms with van der Waals surface area (Å²) in [6.07, 6.45) is 1.87. The van der Waals surface area contributed by atoms with Crippen LogP contribution in [0.3, 0.4) is 0 Å². The van der Waals surface area contributed by atoms with Crippen LogP contribution in [0.15, 0.2) is 42.5 Å². The minimum atomic E-state index is -0.0144. The van der Waals surface area contributed by atoms with Crippen LogP contribution in [0.5, 0.6) is 5.88 Å². The maximum atomic E-state index is 12.3. The molecule has 0 bridgehead atoms. The molecule has 0 spiro atoms. The van der Waals surface area contributed by atoms with E-state index >= 15 is 0 Å². The zero-order valence-electron chi connectivity index (χ0n) is 17.0. The molecule has 150 valence electrons. The summed E-state index contributed by atoms with van der Waals surface area (Å²) in [5.41, 5.74) is 2.05. The van der Waals surface area contributed by atoms with Crippen LogP contribution in [0.25, 0.3) is 0 Å². The Balaban J connectivity index is 1.38. The lowest BCUT2D eigenvalue weighted by Crippen LogP contribution is -2.44. The molecule has 1 N–H and O–H groups in total. The second kappa shape index (κ2) is 9.04. The van der Waals surface area contributed by atoms with E-state index in [0.29, 0.717) is 24.9 Å². The number of ether oxygens (including phenoxy) is 1. The van der Waals surface area contributed by atoms with Crippen LogP contribution in [0.2, 0.25) is 0 Å². The van der Waals surface area contributed by atoms with Gasteiger partial charge in [0.25, 0.3) is 0 Å². The van der Waals surface area contributed by atoms with E-state index in [4.69, 9.17) is 4.74 Å². The average Bonchev–Trinajstić information content (AvgIpc) is 2.71. The molecule has 0 atom stereocenters. The van der Waals surface area contributed by atoms with Gasteiger partial charge in [0.2, 0.25) is 5.88 Å². The fourth-order valence-electron chi connectivity index (χ4n) is 3.19. The highest BCUT2D eigenvalue weighted by Gasteiger charge is 2.23. The predicted octanol–water partition coefficient (Wildman–Crippen LogP) is 3.77. The van der Waals surface area contributed by atoms with Crippen LogP contribution in [-0.4, -0.2) is 40.8 Å². The Hall–Kier alpha value is -2.63. The second-order valence-corrected chi connectivity index (χ2v) is 8.39. The molecule has 6 heteroatoms. The first-order valence-corrected chi connectivity index (χ1v) is 9.95. The summed E-state index contributed by atoms with van der Waals surface area (Å²) in [6.45, 7) is 9.02. The largest absolute Gasteiger partial charge is 0.476 e. The van der Waals surface area contributed by atoms with Gasteiger partial charge in [0.05, 0.1) is 12.3 Å². The van der Waals surface area contributed by atoms with Gasteiger partial charge in [0.1, 0.15) is 0 Å². The molecule has 28 heavy (non-hydrogen) atoms. The van der Waals surface area contributed by atoms with E-state index in [1.165, 1.54) is 0 Å². The molecule has 1 aliphatic heterocycles. The minimum absolute atomic E-state index is 0.00635. The summed E-state index contributed by atoms with van der Waals surface area (Å²) in [7, 11) is 0. The van der Waals surface area contributed by atoms with Gasteiger partial charge in [-0.25, -0.2) is 4.79 Å². The molecule has 1 fully saturated rings. The molecule has 6 nitrogen and oxygen atoms in total. The highest BCUT2D eigenvalue weighted by Crippen LogP contribution is 2.22. The van der Waals surface area contributed by atoms with E-state index in [9.17, 15) is 4.79 Å². The summed E-state index contributed by atoms with van der Waals surface area (Å²) in [5, 5.41) is 11.4. The van der Waals surface area contributed by atoms with Gasteiger partial charge in [-0.1, -0.05) is 51.1 Å². The Kier molecular flexibility index (Phi) is 6.49. The lowest BCUT2D eigenvalue weighted by Gasteiger charge is -2.31. The van der Waals surface area contributed by atoms with Gasteiger partial charge in [0, 0.05) is 31.1 Å². The standard InChI is InChI=1S/C22H30N4O2/c1-22(2,3)19-9-10-20(25-24-19)28-16-18-11-13-26(14-12-18)21(27)23-15-17-7-5-4-6-8-17/h4-10,18H,11-16H2,1-3H3,(H,23,27). The molecule has 3 rings (SSSR count). The van der Waals surface area contributed by atoms with Crippen molar-refractivity contribution in [2.45, 2.75) is 45.6 Å². The van der Waals surface area contributed by atoms with Gasteiger partial charge in [-0.2, -0.15) is 5.10 Å². The summed E-state index contributed by atoms with van der Waals surface area (Å²) >= 11 is 0. The lowest BCUT2D eigenvalue weighted by atomic mass is 9.92. The van der Waals surface area contributed by atoms with Crippen LogP contribution in [0.1, 0.15) is 44.9 Å². The fourth-order valence-corrected chi connectivity index (χ4v) is 3.19. The van der Waals surface area contributed by atoms with Gasteiger partial charge in [-0.15, -0.1) is 5.10 Å². The smallest absolute Gasteiger partial charge is 0.317 e. The molecule has 1 aliphatic rings. The highest BCUT2D eigenvalue weighted by atomic mass is 16.5. The quantitative estimate of drug-likeness (QED) is 0.855. The molecule has 1 aromatic carbocycles. The van der Waals surface area contributed by atoms with Crippen LogP contribution < -0.4 is 10.1 Å². The molecule has 1 saturated heterocycles. The van der Waals surface area contributed by atoms with E-state index in [-0.39, 0.29) is 11.4 Å². The molecule has 0 saturated carbocycles. The Morgan fingerprint density at radius 1 is 1.11 bits per heavy atom. The molecule has 2 amide bonds. The third kappa shape index (κ3) is 5.68. The van der Waals surface area contributed by atoms with Crippen molar-refractivity contribution in [2.75, 3.05) is 19.7 Å². The highest BCUT2D eigenvalue weighted by molar-refractivity contribution is 5.74. The number of hydrogen-bond donors (Lipinski definition) is 1. The summed E-state index contributed by atoms with van der Waals surface area (Å²) in [6, 6.07) is 13.8. The van der Waals surface area contributed by atoms with E-state index in [1.807, 2.05) is 47.4 Å². The molecule has 2 heterocycles. The van der Waals surface area contributed by atoms with Gasteiger partial charge < -0.3 is 15.0 Å². The van der Waals surface area contributed by atoms with Crippen molar-refractivity contribution in [3.8, 4) is 5.88 Å². The van der Waals surface area contributed by atoms with Crippen molar-refractivity contribution in [3.63, 3.8) is 0 Å². The first-order valence-electron chi connectivity index (χ1n) is 9.95. The summed E-state index contributed by atoms with van der Waals surface area (Å²) in [5.74, 6) is 0.998. The van der Waals surface area contributed by atoms with Gasteiger partial charge >= 0.3 is 6.03 Å². The maximum Gasteiger partial charge on any atom is 0.317 e.